The van der Waals surface area contributed by atoms with Crippen LogP contribution in [0.15, 0.2) is 48.7 Å². The van der Waals surface area contributed by atoms with Crippen LogP contribution in [0.5, 0.6) is 11.5 Å². The number of carbonyl (C=O) groups excluding carboxylic acids is 1. The number of ether oxygens (including phenoxy) is 2. The summed E-state index contributed by atoms with van der Waals surface area (Å²) in [5.41, 5.74) is 1.28. The zero-order valence-corrected chi connectivity index (χ0v) is 16.2. The van der Waals surface area contributed by atoms with Gasteiger partial charge < -0.3 is 14.8 Å². The minimum Gasteiger partial charge on any atom is -0.497 e. The number of carbonyl (C=O) groups is 1. The molecule has 0 bridgehead atoms. The molecule has 0 saturated carbocycles. The Bertz CT molecular complexity index is 950. The molecule has 2 aromatic carbocycles. The number of nitrogens with zero attached hydrogens (tertiary/aromatic N) is 2. The second-order valence-corrected chi connectivity index (χ2v) is 6.53. The van der Waals surface area contributed by atoms with Crippen LogP contribution < -0.4 is 14.8 Å². The van der Waals surface area contributed by atoms with E-state index in [1.165, 1.54) is 14.2 Å². The monoisotopic (exact) mass is 405 g/mol. The van der Waals surface area contributed by atoms with Gasteiger partial charge in [0.2, 0.25) is 0 Å². The molecular formula is C19H17Cl2N3O3. The molecule has 3 aromatic rings. The number of benzene rings is 2. The van der Waals surface area contributed by atoms with Crippen molar-refractivity contribution >= 4 is 34.9 Å². The Labute approximate surface area is 166 Å². The number of amides is 1. The fourth-order valence-electron chi connectivity index (χ4n) is 2.47. The highest BCUT2D eigenvalue weighted by Gasteiger charge is 2.12. The van der Waals surface area contributed by atoms with Gasteiger partial charge in [-0.25, -0.2) is 0 Å². The molecule has 0 aliphatic heterocycles. The quantitative estimate of drug-likeness (QED) is 0.655. The first-order valence-electron chi connectivity index (χ1n) is 8.00. The molecule has 0 spiro atoms. The van der Waals surface area contributed by atoms with Gasteiger partial charge in [-0.1, -0.05) is 29.3 Å². The largest absolute Gasteiger partial charge is 0.497 e. The molecule has 0 atom stereocenters. The average Bonchev–Trinajstić information content (AvgIpc) is 3.10. The van der Waals surface area contributed by atoms with Crippen molar-refractivity contribution in [3.05, 3.63) is 69.8 Å². The molecule has 1 heterocycles. The summed E-state index contributed by atoms with van der Waals surface area (Å²) in [5.74, 6) is 1.17. The van der Waals surface area contributed by atoms with Crippen LogP contribution in [0, 0.1) is 0 Å². The number of halogens is 2. The number of nitrogens with one attached hydrogen (secondary N) is 1. The number of hydrogen-bond donors (Lipinski definition) is 1. The molecule has 1 aromatic heterocycles. The summed E-state index contributed by atoms with van der Waals surface area (Å²) in [5, 5.41) is 8.24. The van der Waals surface area contributed by atoms with Gasteiger partial charge in [-0.3, -0.25) is 9.48 Å². The van der Waals surface area contributed by atoms with Crippen LogP contribution in [-0.4, -0.2) is 29.9 Å². The third kappa shape index (κ3) is 4.72. The minimum atomic E-state index is -0.318. The van der Waals surface area contributed by atoms with Crippen molar-refractivity contribution in [2.45, 2.75) is 6.54 Å². The van der Waals surface area contributed by atoms with E-state index in [0.29, 0.717) is 39.5 Å². The van der Waals surface area contributed by atoms with Gasteiger partial charge in [-0.2, -0.15) is 5.10 Å². The van der Waals surface area contributed by atoms with Gasteiger partial charge in [0.1, 0.15) is 11.5 Å². The second-order valence-electron chi connectivity index (χ2n) is 5.69. The van der Waals surface area contributed by atoms with Crippen molar-refractivity contribution in [1.29, 1.82) is 0 Å². The van der Waals surface area contributed by atoms with Gasteiger partial charge in [0, 0.05) is 33.9 Å². The van der Waals surface area contributed by atoms with Crippen LogP contribution in [0.2, 0.25) is 10.0 Å². The van der Waals surface area contributed by atoms with E-state index in [1.807, 2.05) is 6.07 Å². The first-order chi connectivity index (χ1) is 13.0. The van der Waals surface area contributed by atoms with Crippen molar-refractivity contribution in [3.63, 3.8) is 0 Å². The predicted octanol–water partition coefficient (Wildman–Crippen LogP) is 4.51. The van der Waals surface area contributed by atoms with Crippen molar-refractivity contribution < 1.29 is 14.3 Å². The zero-order chi connectivity index (χ0) is 19.4. The summed E-state index contributed by atoms with van der Waals surface area (Å²) in [7, 11) is 3.06. The molecule has 0 saturated heterocycles. The Hall–Kier alpha value is -2.70. The molecule has 0 unspecified atom stereocenters. The third-order valence-corrected chi connectivity index (χ3v) is 4.43. The van der Waals surface area contributed by atoms with E-state index in [4.69, 9.17) is 32.7 Å². The molecule has 0 fully saturated rings. The lowest BCUT2D eigenvalue weighted by molar-refractivity contribution is 0.102. The van der Waals surface area contributed by atoms with Crippen LogP contribution in [-0.2, 0) is 6.54 Å². The summed E-state index contributed by atoms with van der Waals surface area (Å²) in [6, 6.07) is 11.9. The first kappa shape index (κ1) is 19.1. The van der Waals surface area contributed by atoms with Crippen LogP contribution in [0.4, 0.5) is 5.82 Å². The number of hydrogen-bond acceptors (Lipinski definition) is 4. The Morgan fingerprint density at radius 1 is 1.07 bits per heavy atom. The lowest BCUT2D eigenvalue weighted by Gasteiger charge is -2.08. The third-order valence-electron chi connectivity index (χ3n) is 3.84. The Morgan fingerprint density at radius 3 is 2.41 bits per heavy atom. The summed E-state index contributed by atoms with van der Waals surface area (Å²) in [6.07, 6.45) is 1.76. The van der Waals surface area contributed by atoms with Crippen LogP contribution in [0.1, 0.15) is 15.9 Å². The molecule has 140 valence electrons. The van der Waals surface area contributed by atoms with E-state index in [1.54, 1.807) is 47.3 Å². The molecular weight excluding hydrogens is 389 g/mol. The van der Waals surface area contributed by atoms with Gasteiger partial charge in [0.05, 0.1) is 20.8 Å². The molecule has 8 heteroatoms. The average molecular weight is 406 g/mol. The van der Waals surface area contributed by atoms with E-state index >= 15 is 0 Å². The number of anilines is 1. The van der Waals surface area contributed by atoms with Crippen molar-refractivity contribution in [2.75, 3.05) is 19.5 Å². The normalized spacial score (nSPS) is 10.5. The van der Waals surface area contributed by atoms with Crippen molar-refractivity contribution in [1.82, 2.24) is 9.78 Å². The predicted molar refractivity (Wildman–Crippen MR) is 105 cm³/mol. The Morgan fingerprint density at radius 2 is 1.78 bits per heavy atom. The second kappa shape index (κ2) is 8.33. The minimum absolute atomic E-state index is 0.318. The Kier molecular flexibility index (Phi) is 5.88. The van der Waals surface area contributed by atoms with Gasteiger partial charge in [0.15, 0.2) is 5.82 Å². The lowest BCUT2D eigenvalue weighted by atomic mass is 10.2. The van der Waals surface area contributed by atoms with E-state index in [0.717, 1.165) is 5.56 Å². The SMILES string of the molecule is COc1cc(OC)cc(C(=O)Nc2ccn(Cc3ccc(Cl)cc3Cl)n2)c1. The zero-order valence-electron chi connectivity index (χ0n) is 14.7. The molecule has 0 aliphatic carbocycles. The highest BCUT2D eigenvalue weighted by molar-refractivity contribution is 6.35. The summed E-state index contributed by atoms with van der Waals surface area (Å²) in [6.45, 7) is 0.457. The number of methoxy groups -OCH3 is 2. The summed E-state index contributed by atoms with van der Waals surface area (Å²) >= 11 is 12.1. The van der Waals surface area contributed by atoms with Crippen LogP contribution in [0.25, 0.3) is 0 Å². The van der Waals surface area contributed by atoms with Crippen LogP contribution in [0.3, 0.4) is 0 Å². The maximum absolute atomic E-state index is 12.5. The van der Waals surface area contributed by atoms with Crippen LogP contribution >= 0.6 is 23.2 Å². The van der Waals surface area contributed by atoms with Gasteiger partial charge in [-0.15, -0.1) is 0 Å². The number of aromatic nitrogens is 2. The highest BCUT2D eigenvalue weighted by Crippen LogP contribution is 2.24. The van der Waals surface area contributed by atoms with Gasteiger partial charge >= 0.3 is 0 Å². The Balaban J connectivity index is 1.73. The van der Waals surface area contributed by atoms with Crippen molar-refractivity contribution in [3.8, 4) is 11.5 Å². The van der Waals surface area contributed by atoms with Crippen molar-refractivity contribution in [2.24, 2.45) is 0 Å². The van der Waals surface area contributed by atoms with Gasteiger partial charge in [0.25, 0.3) is 5.91 Å². The molecule has 6 nitrogen and oxygen atoms in total. The molecule has 0 aliphatic rings. The summed E-state index contributed by atoms with van der Waals surface area (Å²) < 4.78 is 12.0. The van der Waals surface area contributed by atoms with E-state index in [-0.39, 0.29) is 5.91 Å². The molecule has 0 radical (unpaired) electrons. The molecule has 1 amide bonds. The maximum atomic E-state index is 12.5. The van der Waals surface area contributed by atoms with E-state index in [2.05, 4.69) is 10.4 Å². The number of rotatable bonds is 6. The first-order valence-corrected chi connectivity index (χ1v) is 8.76. The molecule has 1 N–H and O–H groups in total. The fraction of sp³-hybridized carbons (Fsp3) is 0.158. The lowest BCUT2D eigenvalue weighted by Crippen LogP contribution is -2.13. The standard InChI is InChI=1S/C19H17Cl2N3O3/c1-26-15-7-13(8-16(10-15)27-2)19(25)22-18-5-6-24(23-18)11-12-3-4-14(20)9-17(12)21/h3-10H,11H2,1-2H3,(H,22,23,25). The molecule has 3 rings (SSSR count). The van der Waals surface area contributed by atoms with E-state index < -0.39 is 0 Å². The van der Waals surface area contributed by atoms with E-state index in [9.17, 15) is 4.79 Å². The van der Waals surface area contributed by atoms with Gasteiger partial charge in [-0.05, 0) is 29.8 Å². The maximum Gasteiger partial charge on any atom is 0.257 e. The molecule has 27 heavy (non-hydrogen) atoms. The fourth-order valence-corrected chi connectivity index (χ4v) is 2.94. The topological polar surface area (TPSA) is 65.4 Å². The highest BCUT2D eigenvalue weighted by atomic mass is 35.5. The summed E-state index contributed by atoms with van der Waals surface area (Å²) in [4.78, 5) is 12.5. The smallest absolute Gasteiger partial charge is 0.257 e.